The Morgan fingerprint density at radius 2 is 1.85 bits per heavy atom. The Kier molecular flexibility index (Phi) is 4.66. The molecule has 3 saturated heterocycles. The van der Waals surface area contributed by atoms with Crippen LogP contribution < -0.4 is 0 Å². The Hall–Kier alpha value is -1.84. The second-order valence-electron chi connectivity index (χ2n) is 8.05. The van der Waals surface area contributed by atoms with Crippen molar-refractivity contribution in [2.75, 3.05) is 6.54 Å². The van der Waals surface area contributed by atoms with E-state index in [1.54, 1.807) is 0 Å². The molecule has 0 saturated carbocycles. The molecule has 4 bridgehead atoms. The lowest BCUT2D eigenvalue weighted by molar-refractivity contribution is 0.0765. The van der Waals surface area contributed by atoms with Gasteiger partial charge in [-0.2, -0.15) is 0 Å². The Morgan fingerprint density at radius 3 is 2.67 bits per heavy atom. The van der Waals surface area contributed by atoms with Crippen LogP contribution in [0.25, 0.3) is 0 Å². The van der Waals surface area contributed by atoms with Gasteiger partial charge in [0, 0.05) is 36.0 Å². The van der Waals surface area contributed by atoms with Gasteiger partial charge in [0.15, 0.2) is 0 Å². The van der Waals surface area contributed by atoms with Gasteiger partial charge in [0.05, 0.1) is 5.71 Å². The molecule has 0 N–H and O–H groups in total. The number of halogens is 1. The molecule has 0 radical (unpaired) electrons. The summed E-state index contributed by atoms with van der Waals surface area (Å²) in [4.78, 5) is 8.55. The van der Waals surface area contributed by atoms with Gasteiger partial charge in [-0.25, -0.2) is 0 Å². The third-order valence-corrected chi connectivity index (χ3v) is 6.88. The van der Waals surface area contributed by atoms with E-state index in [1.807, 2.05) is 30.3 Å². The minimum atomic E-state index is 0.467. The fraction of sp³-hybridized carbons (Fsp3) is 0.435. The second-order valence-corrected chi connectivity index (χ2v) is 8.48. The van der Waals surface area contributed by atoms with Crippen molar-refractivity contribution in [3.8, 4) is 0 Å². The van der Waals surface area contributed by atoms with Crippen LogP contribution in [0.3, 0.4) is 0 Å². The molecule has 3 fully saturated rings. The molecule has 27 heavy (non-hydrogen) atoms. The van der Waals surface area contributed by atoms with Crippen molar-refractivity contribution in [1.29, 1.82) is 0 Å². The van der Waals surface area contributed by atoms with Gasteiger partial charge < -0.3 is 4.84 Å². The van der Waals surface area contributed by atoms with Crippen LogP contribution in [0.15, 0.2) is 59.8 Å². The van der Waals surface area contributed by atoms with E-state index < -0.39 is 0 Å². The first-order chi connectivity index (χ1) is 13.3. The van der Waals surface area contributed by atoms with E-state index in [0.29, 0.717) is 24.5 Å². The van der Waals surface area contributed by atoms with Crippen LogP contribution in [0.1, 0.15) is 42.7 Å². The van der Waals surface area contributed by atoms with Gasteiger partial charge in [0.25, 0.3) is 0 Å². The molecule has 3 aliphatic rings. The molecule has 4 heteroatoms. The highest BCUT2D eigenvalue weighted by Gasteiger charge is 2.51. The SMILES string of the molecule is Clc1ccc([C@H]2CC3CCC4C2C(=NOCc2ccccc2)CCN34)cc1. The van der Waals surface area contributed by atoms with Crippen LogP contribution in [0.5, 0.6) is 0 Å². The predicted molar refractivity (Wildman–Crippen MR) is 109 cm³/mol. The van der Waals surface area contributed by atoms with Crippen molar-refractivity contribution >= 4 is 17.3 Å². The van der Waals surface area contributed by atoms with Gasteiger partial charge >= 0.3 is 0 Å². The van der Waals surface area contributed by atoms with Crippen molar-refractivity contribution in [1.82, 2.24) is 4.90 Å². The van der Waals surface area contributed by atoms with Crippen molar-refractivity contribution in [3.63, 3.8) is 0 Å². The molecule has 140 valence electrons. The maximum absolute atomic E-state index is 6.13. The van der Waals surface area contributed by atoms with Gasteiger partial charge in [-0.3, -0.25) is 4.90 Å². The quantitative estimate of drug-likeness (QED) is 0.676. The molecule has 0 aliphatic carbocycles. The maximum Gasteiger partial charge on any atom is 0.142 e. The molecule has 2 aromatic rings. The molecule has 5 atom stereocenters. The number of hydrogen-bond acceptors (Lipinski definition) is 3. The summed E-state index contributed by atoms with van der Waals surface area (Å²) < 4.78 is 0. The zero-order valence-corrected chi connectivity index (χ0v) is 16.2. The largest absolute Gasteiger partial charge is 0.391 e. The van der Waals surface area contributed by atoms with Crippen LogP contribution in [0, 0.1) is 5.92 Å². The van der Waals surface area contributed by atoms with Crippen molar-refractivity contribution < 1.29 is 4.84 Å². The lowest BCUT2D eigenvalue weighted by atomic mass is 9.71. The Balaban J connectivity index is 1.40. The molecule has 0 spiro atoms. The average Bonchev–Trinajstić information content (AvgIpc) is 2.99. The van der Waals surface area contributed by atoms with E-state index in [2.05, 4.69) is 34.3 Å². The third kappa shape index (κ3) is 3.28. The molecule has 3 aliphatic heterocycles. The zero-order valence-electron chi connectivity index (χ0n) is 15.4. The summed E-state index contributed by atoms with van der Waals surface area (Å²) in [6.45, 7) is 1.67. The summed E-state index contributed by atoms with van der Waals surface area (Å²) in [7, 11) is 0. The van der Waals surface area contributed by atoms with E-state index in [9.17, 15) is 0 Å². The summed E-state index contributed by atoms with van der Waals surface area (Å²) in [6.07, 6.45) is 4.86. The molecular weight excluding hydrogens is 356 g/mol. The summed E-state index contributed by atoms with van der Waals surface area (Å²) in [6, 6.07) is 20.1. The lowest BCUT2D eigenvalue weighted by Gasteiger charge is -2.49. The predicted octanol–water partition coefficient (Wildman–Crippen LogP) is 5.25. The van der Waals surface area contributed by atoms with Gasteiger partial charge in [-0.1, -0.05) is 59.2 Å². The van der Waals surface area contributed by atoms with Crippen LogP contribution in [0.2, 0.25) is 5.02 Å². The molecule has 0 amide bonds. The highest BCUT2D eigenvalue weighted by Crippen LogP contribution is 2.50. The minimum Gasteiger partial charge on any atom is -0.391 e. The second kappa shape index (κ2) is 7.29. The Morgan fingerprint density at radius 1 is 1.04 bits per heavy atom. The average molecular weight is 381 g/mol. The number of oxime groups is 1. The molecule has 3 nitrogen and oxygen atoms in total. The Labute approximate surface area is 166 Å². The zero-order chi connectivity index (χ0) is 18.2. The van der Waals surface area contributed by atoms with Crippen molar-refractivity contribution in [3.05, 3.63) is 70.7 Å². The Bertz CT molecular complexity index is 820. The first-order valence-corrected chi connectivity index (χ1v) is 10.4. The standard InChI is InChI=1S/C23H25ClN2O/c24-18-8-6-17(7-9-18)20-14-19-10-11-22-23(20)21(12-13-26(19)22)25-27-15-16-4-2-1-3-5-16/h1-9,19-20,22-23H,10-15H2/t19?,20-,22?,23?/m1/s1. The number of piperidine rings is 2. The van der Waals surface area contributed by atoms with Gasteiger partial charge in [-0.05, 0) is 48.4 Å². The van der Waals surface area contributed by atoms with Crippen LogP contribution >= 0.6 is 11.6 Å². The highest BCUT2D eigenvalue weighted by molar-refractivity contribution is 6.30. The van der Waals surface area contributed by atoms with Gasteiger partial charge in [0.2, 0.25) is 0 Å². The molecule has 5 rings (SSSR count). The lowest BCUT2D eigenvalue weighted by Crippen LogP contribution is -2.55. The summed E-state index contributed by atoms with van der Waals surface area (Å²) in [5, 5.41) is 5.48. The molecular formula is C23H25ClN2O. The first kappa shape index (κ1) is 17.3. The van der Waals surface area contributed by atoms with E-state index in [4.69, 9.17) is 16.4 Å². The fourth-order valence-electron chi connectivity index (χ4n) is 5.45. The fourth-order valence-corrected chi connectivity index (χ4v) is 5.58. The topological polar surface area (TPSA) is 24.8 Å². The highest BCUT2D eigenvalue weighted by atomic mass is 35.5. The molecule has 0 aromatic heterocycles. The van der Waals surface area contributed by atoms with Crippen LogP contribution in [-0.4, -0.2) is 29.2 Å². The monoisotopic (exact) mass is 380 g/mol. The number of hydrogen-bond donors (Lipinski definition) is 0. The summed E-state index contributed by atoms with van der Waals surface area (Å²) >= 11 is 6.13. The molecule has 2 aromatic carbocycles. The number of rotatable bonds is 4. The van der Waals surface area contributed by atoms with E-state index in [-0.39, 0.29) is 0 Å². The van der Waals surface area contributed by atoms with Gasteiger partial charge in [0.1, 0.15) is 6.61 Å². The smallest absolute Gasteiger partial charge is 0.142 e. The number of benzene rings is 2. The van der Waals surface area contributed by atoms with E-state index >= 15 is 0 Å². The maximum atomic E-state index is 6.13. The van der Waals surface area contributed by atoms with E-state index in [0.717, 1.165) is 29.6 Å². The van der Waals surface area contributed by atoms with Crippen molar-refractivity contribution in [2.24, 2.45) is 11.1 Å². The molecule has 3 heterocycles. The minimum absolute atomic E-state index is 0.467. The number of nitrogens with zero attached hydrogens (tertiary/aromatic N) is 2. The summed E-state index contributed by atoms with van der Waals surface area (Å²) in [5.74, 6) is 0.991. The van der Waals surface area contributed by atoms with Crippen LogP contribution in [-0.2, 0) is 11.4 Å². The molecule has 4 unspecified atom stereocenters. The normalized spacial score (nSPS) is 33.2. The van der Waals surface area contributed by atoms with Crippen LogP contribution in [0.4, 0.5) is 0 Å². The first-order valence-electron chi connectivity index (χ1n) is 10.0. The van der Waals surface area contributed by atoms with Crippen molar-refractivity contribution in [2.45, 2.75) is 50.3 Å². The van der Waals surface area contributed by atoms with E-state index in [1.165, 1.54) is 30.5 Å². The van der Waals surface area contributed by atoms with Gasteiger partial charge in [-0.15, -0.1) is 0 Å². The third-order valence-electron chi connectivity index (χ3n) is 6.63. The summed E-state index contributed by atoms with van der Waals surface area (Å²) in [5.41, 5.74) is 3.82.